The number of halogens is 1. The maximum atomic E-state index is 11.7. The van der Waals surface area contributed by atoms with E-state index >= 15 is 0 Å². The van der Waals surface area contributed by atoms with Crippen molar-refractivity contribution in [2.24, 2.45) is 5.73 Å². The van der Waals surface area contributed by atoms with E-state index in [2.05, 4.69) is 20.8 Å². The van der Waals surface area contributed by atoms with Crippen LogP contribution in [0.3, 0.4) is 0 Å². The fraction of sp³-hybridized carbons (Fsp3) is 0.462. The fourth-order valence-electron chi connectivity index (χ4n) is 2.06. The van der Waals surface area contributed by atoms with Gasteiger partial charge in [0.25, 0.3) is 0 Å². The molecule has 1 saturated heterocycles. The molecule has 1 fully saturated rings. The Kier molecular flexibility index (Phi) is 3.92. The van der Waals surface area contributed by atoms with Gasteiger partial charge in [0, 0.05) is 36.3 Å². The van der Waals surface area contributed by atoms with E-state index in [4.69, 9.17) is 5.73 Å². The highest BCUT2D eigenvalue weighted by Gasteiger charge is 2.21. The predicted molar refractivity (Wildman–Crippen MR) is 76.6 cm³/mol. The van der Waals surface area contributed by atoms with Gasteiger partial charge in [-0.2, -0.15) is 0 Å². The Morgan fingerprint density at radius 3 is 2.67 bits per heavy atom. The van der Waals surface area contributed by atoms with E-state index in [9.17, 15) is 4.79 Å². The maximum absolute atomic E-state index is 11.7. The summed E-state index contributed by atoms with van der Waals surface area (Å²) in [5, 5.41) is 0. The Balaban J connectivity index is 2.19. The van der Waals surface area contributed by atoms with Crippen LogP contribution in [0.15, 0.2) is 22.7 Å². The minimum Gasteiger partial charge on any atom is -0.360 e. The van der Waals surface area contributed by atoms with E-state index in [-0.39, 0.29) is 11.9 Å². The molecule has 98 valence electrons. The zero-order chi connectivity index (χ0) is 13.3. The third-order valence-electron chi connectivity index (χ3n) is 3.30. The molecule has 0 saturated carbocycles. The van der Waals surface area contributed by atoms with E-state index in [1.54, 1.807) is 4.90 Å². The van der Waals surface area contributed by atoms with Gasteiger partial charge < -0.3 is 15.5 Å². The van der Waals surface area contributed by atoms with Gasteiger partial charge in [0.2, 0.25) is 5.91 Å². The van der Waals surface area contributed by atoms with Crippen molar-refractivity contribution < 1.29 is 4.79 Å². The third-order valence-corrected chi connectivity index (χ3v) is 3.98. The van der Waals surface area contributed by atoms with E-state index in [1.807, 2.05) is 32.2 Å². The first kappa shape index (κ1) is 13.4. The minimum absolute atomic E-state index is 0.00236. The topological polar surface area (TPSA) is 49.6 Å². The molecule has 0 aliphatic carbocycles. The summed E-state index contributed by atoms with van der Waals surface area (Å²) in [5.74, 6) is 0.161. The molecule has 1 aliphatic rings. The lowest BCUT2D eigenvalue weighted by molar-refractivity contribution is -0.129. The zero-order valence-electron chi connectivity index (χ0n) is 10.7. The predicted octanol–water partition coefficient (Wildman–Crippen LogP) is 1.75. The van der Waals surface area contributed by atoms with Crippen molar-refractivity contribution in [1.82, 2.24) is 4.90 Å². The molecule has 1 aromatic rings. The Morgan fingerprint density at radius 2 is 2.11 bits per heavy atom. The van der Waals surface area contributed by atoms with Crippen LogP contribution in [0.2, 0.25) is 0 Å². The Morgan fingerprint density at radius 1 is 1.39 bits per heavy atom. The highest BCUT2D eigenvalue weighted by molar-refractivity contribution is 9.10. The van der Waals surface area contributed by atoms with Crippen LogP contribution in [0.5, 0.6) is 0 Å². The molecule has 1 atom stereocenters. The summed E-state index contributed by atoms with van der Waals surface area (Å²) in [4.78, 5) is 15.6. The van der Waals surface area contributed by atoms with Gasteiger partial charge in [-0.25, -0.2) is 0 Å². The van der Waals surface area contributed by atoms with Crippen molar-refractivity contribution in [2.75, 3.05) is 31.6 Å². The molecule has 18 heavy (non-hydrogen) atoms. The number of likely N-dealkylation sites (N-methyl/N-ethyl adjacent to an activating group) is 1. The highest BCUT2D eigenvalue weighted by atomic mass is 79.9. The number of anilines is 1. The van der Waals surface area contributed by atoms with Gasteiger partial charge in [0.1, 0.15) is 0 Å². The first-order chi connectivity index (χ1) is 8.49. The second kappa shape index (κ2) is 5.28. The number of nitrogens with two attached hydrogens (primary N) is 1. The Bertz CT molecular complexity index is 462. The zero-order valence-corrected chi connectivity index (χ0v) is 12.3. The Labute approximate surface area is 116 Å². The summed E-state index contributed by atoms with van der Waals surface area (Å²) in [6.07, 6.45) is 0. The van der Waals surface area contributed by atoms with Crippen LogP contribution in [0, 0.1) is 0 Å². The van der Waals surface area contributed by atoms with Gasteiger partial charge in [-0.3, -0.25) is 4.79 Å². The van der Waals surface area contributed by atoms with Crippen LogP contribution in [0.4, 0.5) is 5.69 Å². The number of benzene rings is 1. The number of hydrogen-bond acceptors (Lipinski definition) is 3. The molecule has 1 aromatic carbocycles. The molecule has 1 heterocycles. The van der Waals surface area contributed by atoms with Crippen molar-refractivity contribution in [3.8, 4) is 0 Å². The summed E-state index contributed by atoms with van der Waals surface area (Å²) in [6, 6.07) is 6.09. The fourth-order valence-corrected chi connectivity index (χ4v) is 2.79. The van der Waals surface area contributed by atoms with Crippen LogP contribution in [-0.4, -0.2) is 37.5 Å². The molecular weight excluding hydrogens is 294 g/mol. The van der Waals surface area contributed by atoms with Crippen molar-refractivity contribution in [2.45, 2.75) is 13.0 Å². The van der Waals surface area contributed by atoms with Crippen LogP contribution >= 0.6 is 15.9 Å². The van der Waals surface area contributed by atoms with Crippen LogP contribution in [-0.2, 0) is 4.79 Å². The summed E-state index contributed by atoms with van der Waals surface area (Å²) in [6.45, 7) is 4.04. The lowest BCUT2D eigenvalue weighted by atomic mass is 10.1. The summed E-state index contributed by atoms with van der Waals surface area (Å²) in [7, 11) is 1.84. The molecule has 2 rings (SSSR count). The van der Waals surface area contributed by atoms with Crippen molar-refractivity contribution in [3.05, 3.63) is 28.2 Å². The smallest absolute Gasteiger partial charge is 0.241 e. The first-order valence-corrected chi connectivity index (χ1v) is 6.82. The first-order valence-electron chi connectivity index (χ1n) is 6.03. The maximum Gasteiger partial charge on any atom is 0.241 e. The normalized spacial score (nSPS) is 18.1. The number of carbonyl (C=O) groups excluding carboxylic acids is 1. The molecule has 1 amide bonds. The Hall–Kier alpha value is -1.07. The molecule has 0 radical (unpaired) electrons. The lowest BCUT2D eigenvalue weighted by Gasteiger charge is -2.33. The lowest BCUT2D eigenvalue weighted by Crippen LogP contribution is -2.48. The third kappa shape index (κ3) is 2.67. The van der Waals surface area contributed by atoms with Crippen LogP contribution in [0.1, 0.15) is 18.5 Å². The molecular formula is C13H18BrN3O. The van der Waals surface area contributed by atoms with Gasteiger partial charge >= 0.3 is 0 Å². The summed E-state index contributed by atoms with van der Waals surface area (Å²) in [5.41, 5.74) is 8.02. The molecule has 0 spiro atoms. The van der Waals surface area contributed by atoms with Crippen molar-refractivity contribution in [1.29, 1.82) is 0 Å². The molecule has 0 unspecified atom stereocenters. The SMILES string of the molecule is C[C@@H](N)c1ccc(N2CCN(C)C(=O)C2)cc1Br. The van der Waals surface area contributed by atoms with Gasteiger partial charge in [-0.15, -0.1) is 0 Å². The summed E-state index contributed by atoms with van der Waals surface area (Å²) < 4.78 is 1.00. The number of piperazine rings is 1. The molecule has 0 bridgehead atoms. The monoisotopic (exact) mass is 311 g/mol. The van der Waals surface area contributed by atoms with Crippen LogP contribution < -0.4 is 10.6 Å². The van der Waals surface area contributed by atoms with Gasteiger partial charge in [0.05, 0.1) is 6.54 Å². The molecule has 4 nitrogen and oxygen atoms in total. The second-order valence-electron chi connectivity index (χ2n) is 4.73. The summed E-state index contributed by atoms with van der Waals surface area (Å²) >= 11 is 3.54. The van der Waals surface area contributed by atoms with Crippen LogP contribution in [0.25, 0.3) is 0 Å². The average molecular weight is 312 g/mol. The quantitative estimate of drug-likeness (QED) is 0.905. The molecule has 5 heteroatoms. The van der Waals surface area contributed by atoms with E-state index in [0.29, 0.717) is 6.54 Å². The number of carbonyl (C=O) groups is 1. The van der Waals surface area contributed by atoms with E-state index < -0.39 is 0 Å². The van der Waals surface area contributed by atoms with Gasteiger partial charge in [0.15, 0.2) is 0 Å². The van der Waals surface area contributed by atoms with Gasteiger partial charge in [-0.1, -0.05) is 22.0 Å². The molecule has 1 aliphatic heterocycles. The largest absolute Gasteiger partial charge is 0.360 e. The molecule has 2 N–H and O–H groups in total. The number of amides is 1. The minimum atomic E-state index is 0.00236. The standard InChI is InChI=1S/C13H18BrN3O/c1-9(15)11-4-3-10(7-12(11)14)17-6-5-16(2)13(18)8-17/h3-4,7,9H,5-6,8,15H2,1-2H3/t9-/m1/s1. The molecule has 0 aromatic heterocycles. The van der Waals surface area contributed by atoms with Crippen molar-refractivity contribution in [3.63, 3.8) is 0 Å². The van der Waals surface area contributed by atoms with E-state index in [0.717, 1.165) is 28.8 Å². The second-order valence-corrected chi connectivity index (χ2v) is 5.59. The number of hydrogen-bond donors (Lipinski definition) is 1. The van der Waals surface area contributed by atoms with Gasteiger partial charge in [-0.05, 0) is 24.6 Å². The number of nitrogens with zero attached hydrogens (tertiary/aromatic N) is 2. The van der Waals surface area contributed by atoms with E-state index in [1.165, 1.54) is 0 Å². The average Bonchev–Trinajstić information content (AvgIpc) is 2.32. The highest BCUT2D eigenvalue weighted by Crippen LogP contribution is 2.28. The number of rotatable bonds is 2. The van der Waals surface area contributed by atoms with Crippen molar-refractivity contribution >= 4 is 27.5 Å².